The number of thiophene rings is 1. The number of rotatable bonds is 6. The largest absolute Gasteiger partial charge is 0.368 e. The highest BCUT2D eigenvalue weighted by Gasteiger charge is 2.25. The van der Waals surface area contributed by atoms with Crippen LogP contribution in [-0.4, -0.2) is 48.1 Å². The first-order valence-electron chi connectivity index (χ1n) is 7.07. The Morgan fingerprint density at radius 3 is 2.90 bits per heavy atom. The number of anilines is 2. The van der Waals surface area contributed by atoms with Crippen LogP contribution in [-0.2, 0) is 0 Å². The van der Waals surface area contributed by atoms with Gasteiger partial charge < -0.3 is 15.5 Å². The fraction of sp³-hybridized carbons (Fsp3) is 0.571. The van der Waals surface area contributed by atoms with E-state index in [0.29, 0.717) is 5.95 Å². The van der Waals surface area contributed by atoms with Gasteiger partial charge in [-0.1, -0.05) is 0 Å². The van der Waals surface area contributed by atoms with Crippen molar-refractivity contribution in [1.29, 1.82) is 0 Å². The van der Waals surface area contributed by atoms with Crippen LogP contribution < -0.4 is 10.6 Å². The molecular weight excluding hydrogens is 270 g/mol. The molecule has 0 unspecified atom stereocenters. The minimum Gasteiger partial charge on any atom is -0.368 e. The quantitative estimate of drug-likeness (QED) is 0.856. The Bertz CT molecular complexity index is 605. The Labute approximate surface area is 123 Å². The van der Waals surface area contributed by atoms with Gasteiger partial charge in [0.1, 0.15) is 10.6 Å². The topological polar surface area (TPSA) is 53.1 Å². The molecule has 20 heavy (non-hydrogen) atoms. The molecule has 2 heterocycles. The van der Waals surface area contributed by atoms with E-state index in [1.165, 1.54) is 17.7 Å². The minimum absolute atomic E-state index is 0.678. The van der Waals surface area contributed by atoms with Crippen molar-refractivity contribution < 1.29 is 0 Å². The maximum Gasteiger partial charge on any atom is 0.225 e. The summed E-state index contributed by atoms with van der Waals surface area (Å²) in [6, 6.07) is 2.96. The standard InChI is InChI=1S/C14H21N5S/c1-9-8-11-12(16-6-7-19(3)10-4-5-10)17-14(15-2)18-13(11)20-9/h8,10H,4-7H2,1-3H3,(H2,15,16,17,18). The van der Waals surface area contributed by atoms with Gasteiger partial charge in [-0.15, -0.1) is 11.3 Å². The number of nitrogens with one attached hydrogen (secondary N) is 2. The third-order valence-corrected chi connectivity index (χ3v) is 4.61. The zero-order valence-electron chi connectivity index (χ0n) is 12.2. The zero-order chi connectivity index (χ0) is 14.1. The fourth-order valence-electron chi connectivity index (χ4n) is 2.34. The molecule has 2 N–H and O–H groups in total. The second kappa shape index (κ2) is 5.54. The van der Waals surface area contributed by atoms with Gasteiger partial charge in [-0.2, -0.15) is 4.98 Å². The van der Waals surface area contributed by atoms with E-state index in [2.05, 4.69) is 45.5 Å². The number of likely N-dealkylation sites (N-methyl/N-ethyl adjacent to an activating group) is 1. The summed E-state index contributed by atoms with van der Waals surface area (Å²) >= 11 is 1.71. The molecule has 2 aromatic heterocycles. The number of aromatic nitrogens is 2. The molecule has 0 aliphatic heterocycles. The Kier molecular flexibility index (Phi) is 3.76. The minimum atomic E-state index is 0.678. The van der Waals surface area contributed by atoms with Gasteiger partial charge in [0, 0.05) is 31.1 Å². The molecule has 0 radical (unpaired) electrons. The van der Waals surface area contributed by atoms with Gasteiger partial charge in [0.25, 0.3) is 0 Å². The molecule has 0 spiro atoms. The van der Waals surface area contributed by atoms with Crippen LogP contribution in [0.1, 0.15) is 17.7 Å². The second-order valence-electron chi connectivity index (χ2n) is 5.36. The molecule has 0 amide bonds. The summed E-state index contributed by atoms with van der Waals surface area (Å²) in [4.78, 5) is 13.8. The monoisotopic (exact) mass is 291 g/mol. The third kappa shape index (κ3) is 2.86. The molecule has 1 aliphatic rings. The number of hydrogen-bond acceptors (Lipinski definition) is 6. The molecule has 5 nitrogen and oxygen atoms in total. The Hall–Kier alpha value is -1.40. The van der Waals surface area contributed by atoms with Gasteiger partial charge in [-0.05, 0) is 32.9 Å². The summed E-state index contributed by atoms with van der Waals surface area (Å²) in [6.45, 7) is 4.07. The lowest BCUT2D eigenvalue weighted by atomic mass is 10.3. The van der Waals surface area contributed by atoms with E-state index < -0.39 is 0 Å². The van der Waals surface area contributed by atoms with E-state index in [9.17, 15) is 0 Å². The van der Waals surface area contributed by atoms with E-state index >= 15 is 0 Å². The second-order valence-corrected chi connectivity index (χ2v) is 6.60. The highest BCUT2D eigenvalue weighted by atomic mass is 32.1. The molecule has 0 bridgehead atoms. The van der Waals surface area contributed by atoms with E-state index in [0.717, 1.165) is 35.2 Å². The first kappa shape index (κ1) is 13.6. The molecule has 0 atom stereocenters. The summed E-state index contributed by atoms with van der Waals surface area (Å²) in [5, 5.41) is 7.62. The van der Waals surface area contributed by atoms with Gasteiger partial charge in [-0.3, -0.25) is 0 Å². The van der Waals surface area contributed by atoms with Crippen LogP contribution in [0.5, 0.6) is 0 Å². The van der Waals surface area contributed by atoms with Crippen LogP contribution in [0.25, 0.3) is 10.2 Å². The van der Waals surface area contributed by atoms with Crippen LogP contribution in [0.4, 0.5) is 11.8 Å². The molecule has 108 valence electrons. The summed E-state index contributed by atoms with van der Waals surface area (Å²) < 4.78 is 0. The van der Waals surface area contributed by atoms with Gasteiger partial charge in [0.2, 0.25) is 5.95 Å². The van der Waals surface area contributed by atoms with Crippen LogP contribution in [0.2, 0.25) is 0 Å². The predicted molar refractivity (Wildman–Crippen MR) is 85.8 cm³/mol. The normalized spacial score (nSPS) is 15.0. The van der Waals surface area contributed by atoms with E-state index in [1.54, 1.807) is 11.3 Å². The van der Waals surface area contributed by atoms with Gasteiger partial charge >= 0.3 is 0 Å². The molecule has 0 aromatic carbocycles. The SMILES string of the molecule is CNc1nc(NCCN(C)C2CC2)c2cc(C)sc2n1. The average Bonchev–Trinajstić information content (AvgIpc) is 3.20. The van der Waals surface area contributed by atoms with E-state index in [4.69, 9.17) is 0 Å². The van der Waals surface area contributed by atoms with Crippen molar-refractivity contribution in [3.63, 3.8) is 0 Å². The number of fused-ring (bicyclic) bond motifs is 1. The number of nitrogens with zero attached hydrogens (tertiary/aromatic N) is 3. The highest BCUT2D eigenvalue weighted by Crippen LogP contribution is 2.29. The summed E-state index contributed by atoms with van der Waals surface area (Å²) in [5.74, 6) is 1.62. The average molecular weight is 291 g/mol. The Morgan fingerprint density at radius 2 is 2.20 bits per heavy atom. The summed E-state index contributed by atoms with van der Waals surface area (Å²) in [6.07, 6.45) is 2.70. The lowest BCUT2D eigenvalue weighted by Gasteiger charge is -2.16. The van der Waals surface area contributed by atoms with E-state index in [-0.39, 0.29) is 0 Å². The van der Waals surface area contributed by atoms with E-state index in [1.807, 2.05) is 7.05 Å². The van der Waals surface area contributed by atoms with Crippen molar-refractivity contribution in [2.75, 3.05) is 37.8 Å². The summed E-state index contributed by atoms with van der Waals surface area (Å²) in [7, 11) is 4.05. The summed E-state index contributed by atoms with van der Waals surface area (Å²) in [5.41, 5.74) is 0. The van der Waals surface area contributed by atoms with Gasteiger partial charge in [0.15, 0.2) is 0 Å². The van der Waals surface area contributed by atoms with Crippen LogP contribution in [0.3, 0.4) is 0 Å². The lowest BCUT2D eigenvalue weighted by Crippen LogP contribution is -2.27. The molecular formula is C14H21N5S. The molecule has 3 rings (SSSR count). The highest BCUT2D eigenvalue weighted by molar-refractivity contribution is 7.18. The van der Waals surface area contributed by atoms with Crippen LogP contribution in [0.15, 0.2) is 6.07 Å². The number of hydrogen-bond donors (Lipinski definition) is 2. The van der Waals surface area contributed by atoms with Gasteiger partial charge in [-0.25, -0.2) is 4.98 Å². The van der Waals surface area contributed by atoms with Crippen molar-refractivity contribution in [3.8, 4) is 0 Å². The van der Waals surface area contributed by atoms with Crippen molar-refractivity contribution in [1.82, 2.24) is 14.9 Å². The third-order valence-electron chi connectivity index (χ3n) is 3.67. The predicted octanol–water partition coefficient (Wildman–Crippen LogP) is 2.55. The van der Waals surface area contributed by atoms with Crippen LogP contribution >= 0.6 is 11.3 Å². The zero-order valence-corrected chi connectivity index (χ0v) is 13.0. The molecule has 2 aromatic rings. The molecule has 1 saturated carbocycles. The molecule has 1 aliphatic carbocycles. The first-order chi connectivity index (χ1) is 9.67. The smallest absolute Gasteiger partial charge is 0.225 e. The first-order valence-corrected chi connectivity index (χ1v) is 7.89. The van der Waals surface area contributed by atoms with Crippen molar-refractivity contribution in [2.45, 2.75) is 25.8 Å². The molecule has 6 heteroatoms. The van der Waals surface area contributed by atoms with Crippen molar-refractivity contribution >= 4 is 33.3 Å². The lowest BCUT2D eigenvalue weighted by molar-refractivity contribution is 0.337. The van der Waals surface area contributed by atoms with Crippen molar-refractivity contribution in [2.24, 2.45) is 0 Å². The molecule has 0 saturated heterocycles. The maximum atomic E-state index is 4.54. The molecule has 1 fully saturated rings. The number of aryl methyl sites for hydroxylation is 1. The van der Waals surface area contributed by atoms with Crippen molar-refractivity contribution in [3.05, 3.63) is 10.9 Å². The maximum absolute atomic E-state index is 4.54. The Balaban J connectivity index is 1.74. The van der Waals surface area contributed by atoms with Gasteiger partial charge in [0.05, 0.1) is 5.39 Å². The Morgan fingerprint density at radius 1 is 1.40 bits per heavy atom. The van der Waals surface area contributed by atoms with Crippen LogP contribution in [0, 0.1) is 6.92 Å². The fourth-order valence-corrected chi connectivity index (χ4v) is 3.22.